The van der Waals surface area contributed by atoms with Crippen molar-refractivity contribution in [1.82, 2.24) is 10.9 Å². The molecule has 2 aromatic carbocycles. The highest BCUT2D eigenvalue weighted by molar-refractivity contribution is 5.85. The van der Waals surface area contributed by atoms with Crippen molar-refractivity contribution in [3.8, 4) is 0 Å². The van der Waals surface area contributed by atoms with Crippen molar-refractivity contribution in [1.29, 1.82) is 0 Å². The molecule has 0 aliphatic heterocycles. The molecule has 4 nitrogen and oxygen atoms in total. The largest absolute Gasteiger partial charge is 0.351 e. The van der Waals surface area contributed by atoms with Crippen molar-refractivity contribution in [3.63, 3.8) is 0 Å². The van der Waals surface area contributed by atoms with Gasteiger partial charge in [0.15, 0.2) is 0 Å². The molecule has 0 aliphatic carbocycles. The molecule has 0 heterocycles. The minimum atomic E-state index is -0.583. The van der Waals surface area contributed by atoms with Crippen LogP contribution >= 0.6 is 0 Å². The van der Waals surface area contributed by atoms with E-state index >= 15 is 0 Å². The number of hydrogen-bond donors (Lipinski definition) is 3. The summed E-state index contributed by atoms with van der Waals surface area (Å²) in [5, 5.41) is 2.35. The number of urea groups is 1. The molecule has 0 aromatic heterocycles. The van der Waals surface area contributed by atoms with Gasteiger partial charge in [-0.25, -0.2) is 10.2 Å². The predicted molar refractivity (Wildman–Crippen MR) is 63.5 cm³/mol. The van der Waals surface area contributed by atoms with E-state index in [1.807, 2.05) is 24.3 Å². The van der Waals surface area contributed by atoms with Gasteiger partial charge in [0.1, 0.15) is 0 Å². The van der Waals surface area contributed by atoms with Crippen LogP contribution in [0.5, 0.6) is 0 Å². The lowest BCUT2D eigenvalue weighted by Crippen LogP contribution is -2.40. The number of benzene rings is 2. The highest BCUT2D eigenvalue weighted by Crippen LogP contribution is 2.17. The van der Waals surface area contributed by atoms with Gasteiger partial charge < -0.3 is 5.73 Å². The summed E-state index contributed by atoms with van der Waals surface area (Å²) >= 11 is 0. The fraction of sp³-hybridized carbons (Fsp3) is 0.0833. The molecular formula is C12H13N3O. The first kappa shape index (κ1) is 10.4. The third-order valence-corrected chi connectivity index (χ3v) is 2.37. The lowest BCUT2D eigenvalue weighted by Gasteiger charge is -2.07. The quantitative estimate of drug-likeness (QED) is 0.679. The van der Waals surface area contributed by atoms with Crippen molar-refractivity contribution < 1.29 is 4.79 Å². The Balaban J connectivity index is 2.20. The summed E-state index contributed by atoms with van der Waals surface area (Å²) in [7, 11) is 0. The highest BCUT2D eigenvalue weighted by Gasteiger charge is 1.99. The molecule has 0 atom stereocenters. The first-order chi connectivity index (χ1) is 7.77. The van der Waals surface area contributed by atoms with Crippen LogP contribution in [0.15, 0.2) is 42.5 Å². The van der Waals surface area contributed by atoms with Crippen molar-refractivity contribution in [3.05, 3.63) is 48.0 Å². The van der Waals surface area contributed by atoms with Gasteiger partial charge >= 0.3 is 6.03 Å². The summed E-state index contributed by atoms with van der Waals surface area (Å²) < 4.78 is 0. The highest BCUT2D eigenvalue weighted by atomic mass is 16.2. The van der Waals surface area contributed by atoms with Crippen LogP contribution in [0.2, 0.25) is 0 Å². The maximum Gasteiger partial charge on any atom is 0.326 e. The van der Waals surface area contributed by atoms with Crippen molar-refractivity contribution in [2.24, 2.45) is 5.73 Å². The molecule has 0 bridgehead atoms. The normalized spacial score (nSPS) is 10.2. The molecule has 0 fully saturated rings. The molecule has 0 saturated heterocycles. The fourth-order valence-electron chi connectivity index (χ4n) is 1.67. The van der Waals surface area contributed by atoms with Crippen LogP contribution in [0.3, 0.4) is 0 Å². The zero-order valence-electron chi connectivity index (χ0n) is 8.73. The maximum absolute atomic E-state index is 10.5. The monoisotopic (exact) mass is 215 g/mol. The maximum atomic E-state index is 10.5. The van der Waals surface area contributed by atoms with E-state index in [0.29, 0.717) is 6.54 Å². The van der Waals surface area contributed by atoms with E-state index in [9.17, 15) is 4.79 Å². The lowest BCUT2D eigenvalue weighted by atomic mass is 10.1. The van der Waals surface area contributed by atoms with E-state index in [-0.39, 0.29) is 0 Å². The summed E-state index contributed by atoms with van der Waals surface area (Å²) in [4.78, 5) is 10.5. The average molecular weight is 215 g/mol. The Morgan fingerprint density at radius 3 is 2.69 bits per heavy atom. The molecular weight excluding hydrogens is 202 g/mol. The Morgan fingerprint density at radius 1 is 1.12 bits per heavy atom. The Morgan fingerprint density at radius 2 is 1.88 bits per heavy atom. The van der Waals surface area contributed by atoms with Gasteiger partial charge in [-0.05, 0) is 16.3 Å². The molecule has 2 aromatic rings. The number of carbonyl (C=O) groups is 1. The van der Waals surface area contributed by atoms with Crippen molar-refractivity contribution in [2.75, 3.05) is 0 Å². The van der Waals surface area contributed by atoms with Crippen LogP contribution in [-0.4, -0.2) is 6.03 Å². The van der Waals surface area contributed by atoms with Crippen molar-refractivity contribution in [2.45, 2.75) is 6.54 Å². The average Bonchev–Trinajstić information content (AvgIpc) is 2.29. The van der Waals surface area contributed by atoms with Crippen molar-refractivity contribution >= 4 is 16.8 Å². The molecule has 4 heteroatoms. The molecule has 0 saturated carbocycles. The van der Waals surface area contributed by atoms with Gasteiger partial charge in [-0.3, -0.25) is 5.43 Å². The Kier molecular flexibility index (Phi) is 3.03. The Hall–Kier alpha value is -2.07. The van der Waals surface area contributed by atoms with Crippen LogP contribution < -0.4 is 16.6 Å². The Bertz CT molecular complexity index is 505. The van der Waals surface area contributed by atoms with Gasteiger partial charge in [0.2, 0.25) is 0 Å². The second kappa shape index (κ2) is 4.63. The number of rotatable bonds is 3. The van der Waals surface area contributed by atoms with E-state index in [4.69, 9.17) is 5.73 Å². The Labute approximate surface area is 93.4 Å². The van der Waals surface area contributed by atoms with Gasteiger partial charge in [0.05, 0.1) is 0 Å². The smallest absolute Gasteiger partial charge is 0.326 e. The number of hydrazine groups is 1. The molecule has 0 radical (unpaired) electrons. The lowest BCUT2D eigenvalue weighted by molar-refractivity contribution is 0.244. The van der Waals surface area contributed by atoms with E-state index in [2.05, 4.69) is 29.1 Å². The van der Waals surface area contributed by atoms with Gasteiger partial charge in [0, 0.05) is 6.54 Å². The number of carbonyl (C=O) groups excluding carboxylic acids is 1. The van der Waals surface area contributed by atoms with Gasteiger partial charge in [-0.2, -0.15) is 0 Å². The minimum Gasteiger partial charge on any atom is -0.351 e. The number of fused-ring (bicyclic) bond motifs is 1. The number of primary amides is 1. The van der Waals surface area contributed by atoms with Gasteiger partial charge in [-0.15, -0.1) is 0 Å². The third kappa shape index (κ3) is 2.29. The predicted octanol–water partition coefficient (Wildman–Crippen LogP) is 1.51. The van der Waals surface area contributed by atoms with Crippen LogP contribution in [0.4, 0.5) is 4.79 Å². The zero-order valence-corrected chi connectivity index (χ0v) is 8.73. The molecule has 2 rings (SSSR count). The van der Waals surface area contributed by atoms with Crippen LogP contribution in [0.1, 0.15) is 5.56 Å². The number of hydrogen-bond acceptors (Lipinski definition) is 2. The standard InChI is InChI=1S/C12H13N3O/c13-12(16)15-14-8-10-6-3-5-9-4-1-2-7-11(9)10/h1-7,14H,8H2,(H3,13,15,16). The van der Waals surface area contributed by atoms with Gasteiger partial charge in [0.25, 0.3) is 0 Å². The first-order valence-corrected chi connectivity index (χ1v) is 5.02. The summed E-state index contributed by atoms with van der Waals surface area (Å²) in [6.45, 7) is 0.546. The van der Waals surface area contributed by atoms with Crippen LogP contribution in [0, 0.1) is 0 Å². The molecule has 0 aliphatic rings. The first-order valence-electron chi connectivity index (χ1n) is 5.02. The van der Waals surface area contributed by atoms with Crippen LogP contribution in [0.25, 0.3) is 10.8 Å². The molecule has 4 N–H and O–H groups in total. The molecule has 0 unspecified atom stereocenters. The van der Waals surface area contributed by atoms with Crippen LogP contribution in [-0.2, 0) is 6.54 Å². The number of amides is 2. The van der Waals surface area contributed by atoms with E-state index in [1.165, 1.54) is 10.8 Å². The summed E-state index contributed by atoms with van der Waals surface area (Å²) in [5.41, 5.74) is 11.2. The van der Waals surface area contributed by atoms with E-state index in [1.54, 1.807) is 0 Å². The summed E-state index contributed by atoms with van der Waals surface area (Å²) in [6, 6.07) is 13.6. The number of nitrogens with two attached hydrogens (primary N) is 1. The second-order valence-electron chi connectivity index (χ2n) is 3.48. The summed E-state index contributed by atoms with van der Waals surface area (Å²) in [6.07, 6.45) is 0. The third-order valence-electron chi connectivity index (χ3n) is 2.37. The molecule has 16 heavy (non-hydrogen) atoms. The fourth-order valence-corrected chi connectivity index (χ4v) is 1.67. The SMILES string of the molecule is NC(=O)NNCc1cccc2ccccc12. The van der Waals surface area contributed by atoms with Gasteiger partial charge in [-0.1, -0.05) is 42.5 Å². The number of nitrogens with one attached hydrogen (secondary N) is 2. The molecule has 0 spiro atoms. The minimum absolute atomic E-state index is 0.546. The van der Waals surface area contributed by atoms with E-state index in [0.717, 1.165) is 5.56 Å². The summed E-state index contributed by atoms with van der Waals surface area (Å²) in [5.74, 6) is 0. The topological polar surface area (TPSA) is 67.2 Å². The second-order valence-corrected chi connectivity index (χ2v) is 3.48. The molecule has 2 amide bonds. The molecule has 82 valence electrons. The van der Waals surface area contributed by atoms with E-state index < -0.39 is 6.03 Å². The zero-order chi connectivity index (χ0) is 11.4.